The van der Waals surface area contributed by atoms with Crippen molar-refractivity contribution < 1.29 is 18.7 Å². The van der Waals surface area contributed by atoms with Crippen LogP contribution in [0, 0.1) is 5.82 Å². The largest absolute Gasteiger partial charge is 0.382 e. The summed E-state index contributed by atoms with van der Waals surface area (Å²) >= 11 is 0. The van der Waals surface area contributed by atoms with Gasteiger partial charge in [-0.15, -0.1) is 0 Å². The van der Waals surface area contributed by atoms with Crippen LogP contribution >= 0.6 is 0 Å². The van der Waals surface area contributed by atoms with Crippen molar-refractivity contribution in [2.24, 2.45) is 0 Å². The number of carbonyl (C=O) groups excluding carboxylic acids is 2. The van der Waals surface area contributed by atoms with Crippen LogP contribution in [0.1, 0.15) is 50.3 Å². The first-order chi connectivity index (χ1) is 14.6. The van der Waals surface area contributed by atoms with E-state index in [1.165, 1.54) is 12.1 Å². The molecule has 0 aliphatic rings. The van der Waals surface area contributed by atoms with Crippen LogP contribution in [-0.4, -0.2) is 36.5 Å². The standard InChI is InChI=1S/C24H31FN2O3/c1-3-9-22(28)27(18-19-12-14-21(25)15-13-19)23(20-10-6-5-7-11-20)24(29)26-16-8-17-30-4-2/h5-7,10-15,23H,3-4,8-9,16-18H2,1-2H3,(H,26,29)/t23-/m0/s1. The highest BCUT2D eigenvalue weighted by Gasteiger charge is 2.30. The van der Waals surface area contributed by atoms with Crippen molar-refractivity contribution in [3.63, 3.8) is 0 Å². The van der Waals surface area contributed by atoms with Gasteiger partial charge in [-0.05, 0) is 43.0 Å². The first-order valence-corrected chi connectivity index (χ1v) is 10.5. The van der Waals surface area contributed by atoms with Crippen LogP contribution < -0.4 is 5.32 Å². The highest BCUT2D eigenvalue weighted by Crippen LogP contribution is 2.25. The maximum absolute atomic E-state index is 13.3. The fraction of sp³-hybridized carbons (Fsp3) is 0.417. The molecule has 5 nitrogen and oxygen atoms in total. The van der Waals surface area contributed by atoms with Gasteiger partial charge in [0.2, 0.25) is 11.8 Å². The Morgan fingerprint density at radius 2 is 1.77 bits per heavy atom. The zero-order valence-electron chi connectivity index (χ0n) is 17.8. The Bertz CT molecular complexity index is 781. The molecule has 0 fully saturated rings. The third-order valence-corrected chi connectivity index (χ3v) is 4.69. The van der Waals surface area contributed by atoms with Crippen molar-refractivity contribution in [1.82, 2.24) is 10.2 Å². The van der Waals surface area contributed by atoms with Gasteiger partial charge in [-0.3, -0.25) is 9.59 Å². The molecular weight excluding hydrogens is 383 g/mol. The summed E-state index contributed by atoms with van der Waals surface area (Å²) in [4.78, 5) is 27.8. The second-order valence-electron chi connectivity index (χ2n) is 7.05. The average molecular weight is 415 g/mol. The van der Waals surface area contributed by atoms with Gasteiger partial charge >= 0.3 is 0 Å². The van der Waals surface area contributed by atoms with Crippen molar-refractivity contribution >= 4 is 11.8 Å². The van der Waals surface area contributed by atoms with E-state index in [4.69, 9.17) is 4.74 Å². The molecule has 6 heteroatoms. The summed E-state index contributed by atoms with van der Waals surface area (Å²) in [6.45, 7) is 5.76. The number of nitrogens with zero attached hydrogens (tertiary/aromatic N) is 1. The summed E-state index contributed by atoms with van der Waals surface area (Å²) in [6.07, 6.45) is 1.71. The van der Waals surface area contributed by atoms with Gasteiger partial charge in [-0.2, -0.15) is 0 Å². The Morgan fingerprint density at radius 1 is 1.07 bits per heavy atom. The van der Waals surface area contributed by atoms with Crippen LogP contribution in [0.25, 0.3) is 0 Å². The summed E-state index contributed by atoms with van der Waals surface area (Å²) < 4.78 is 18.6. The zero-order chi connectivity index (χ0) is 21.8. The van der Waals surface area contributed by atoms with Gasteiger partial charge in [0, 0.05) is 32.7 Å². The number of rotatable bonds is 12. The molecule has 0 saturated heterocycles. The van der Waals surface area contributed by atoms with E-state index in [1.807, 2.05) is 44.2 Å². The molecule has 0 radical (unpaired) electrons. The van der Waals surface area contributed by atoms with Crippen LogP contribution in [0.15, 0.2) is 54.6 Å². The Hall–Kier alpha value is -2.73. The quantitative estimate of drug-likeness (QED) is 0.529. The fourth-order valence-electron chi connectivity index (χ4n) is 3.20. The Labute approximate surface area is 178 Å². The maximum Gasteiger partial charge on any atom is 0.247 e. The first kappa shape index (κ1) is 23.5. The van der Waals surface area contributed by atoms with Gasteiger partial charge in [0.1, 0.15) is 11.9 Å². The molecule has 0 spiro atoms. The van der Waals surface area contributed by atoms with Crippen LogP contribution in [0.4, 0.5) is 4.39 Å². The van der Waals surface area contributed by atoms with E-state index in [1.54, 1.807) is 17.0 Å². The second-order valence-corrected chi connectivity index (χ2v) is 7.05. The smallest absolute Gasteiger partial charge is 0.247 e. The minimum absolute atomic E-state index is 0.111. The number of amides is 2. The topological polar surface area (TPSA) is 58.6 Å². The van der Waals surface area contributed by atoms with Crippen LogP contribution in [0.2, 0.25) is 0 Å². The lowest BCUT2D eigenvalue weighted by Gasteiger charge is -2.31. The summed E-state index contributed by atoms with van der Waals surface area (Å²) in [7, 11) is 0. The van der Waals surface area contributed by atoms with Crippen molar-refractivity contribution in [3.8, 4) is 0 Å². The lowest BCUT2D eigenvalue weighted by atomic mass is 10.0. The molecule has 0 aromatic heterocycles. The Balaban J connectivity index is 2.28. The third kappa shape index (κ3) is 7.26. The van der Waals surface area contributed by atoms with Crippen molar-refractivity contribution in [2.45, 2.75) is 45.7 Å². The molecule has 0 saturated carbocycles. The number of benzene rings is 2. The Morgan fingerprint density at radius 3 is 2.40 bits per heavy atom. The predicted octanol–water partition coefficient (Wildman–Crippen LogP) is 4.24. The molecule has 2 rings (SSSR count). The number of carbonyl (C=O) groups is 2. The van der Waals surface area contributed by atoms with E-state index in [-0.39, 0.29) is 24.2 Å². The van der Waals surface area contributed by atoms with Crippen LogP contribution in [0.5, 0.6) is 0 Å². The molecule has 30 heavy (non-hydrogen) atoms. The molecule has 162 valence electrons. The number of nitrogens with one attached hydrogen (secondary N) is 1. The number of ether oxygens (including phenoxy) is 1. The van der Waals surface area contributed by atoms with E-state index < -0.39 is 6.04 Å². The average Bonchev–Trinajstić information content (AvgIpc) is 2.75. The van der Waals surface area contributed by atoms with E-state index >= 15 is 0 Å². The molecule has 0 bridgehead atoms. The molecule has 0 aliphatic heterocycles. The van der Waals surface area contributed by atoms with E-state index in [0.717, 1.165) is 11.1 Å². The molecular formula is C24H31FN2O3. The molecule has 2 aromatic carbocycles. The van der Waals surface area contributed by atoms with Gasteiger partial charge in [-0.1, -0.05) is 49.4 Å². The highest BCUT2D eigenvalue weighted by atomic mass is 19.1. The summed E-state index contributed by atoms with van der Waals surface area (Å²) in [5, 5.41) is 2.94. The molecule has 2 amide bonds. The summed E-state index contributed by atoms with van der Waals surface area (Å²) in [5.74, 6) is -0.679. The lowest BCUT2D eigenvalue weighted by Crippen LogP contribution is -2.43. The Kier molecular flexibility index (Phi) is 10.0. The zero-order valence-corrected chi connectivity index (χ0v) is 17.8. The third-order valence-electron chi connectivity index (χ3n) is 4.69. The van der Waals surface area contributed by atoms with E-state index in [2.05, 4.69) is 5.32 Å². The molecule has 0 heterocycles. The van der Waals surface area contributed by atoms with Gasteiger partial charge in [0.15, 0.2) is 0 Å². The lowest BCUT2D eigenvalue weighted by molar-refractivity contribution is -0.141. The van der Waals surface area contributed by atoms with Gasteiger partial charge in [0.25, 0.3) is 0 Å². The normalized spacial score (nSPS) is 11.7. The van der Waals surface area contributed by atoms with Gasteiger partial charge in [-0.25, -0.2) is 4.39 Å². The number of hydrogen-bond donors (Lipinski definition) is 1. The van der Waals surface area contributed by atoms with E-state index in [9.17, 15) is 14.0 Å². The van der Waals surface area contributed by atoms with Crippen LogP contribution in [0.3, 0.4) is 0 Å². The summed E-state index contributed by atoms with van der Waals surface area (Å²) in [6, 6.07) is 14.5. The highest BCUT2D eigenvalue weighted by molar-refractivity contribution is 5.88. The fourth-order valence-corrected chi connectivity index (χ4v) is 3.20. The molecule has 1 N–H and O–H groups in total. The maximum atomic E-state index is 13.3. The van der Waals surface area contributed by atoms with Gasteiger partial charge in [0.05, 0.1) is 0 Å². The first-order valence-electron chi connectivity index (χ1n) is 10.5. The molecule has 0 aliphatic carbocycles. The molecule has 1 atom stereocenters. The minimum Gasteiger partial charge on any atom is -0.382 e. The minimum atomic E-state index is -0.762. The second kappa shape index (κ2) is 12.8. The number of hydrogen-bond acceptors (Lipinski definition) is 3. The number of halogens is 1. The summed E-state index contributed by atoms with van der Waals surface area (Å²) in [5.41, 5.74) is 1.51. The van der Waals surface area contributed by atoms with E-state index in [0.29, 0.717) is 39.0 Å². The molecule has 0 unspecified atom stereocenters. The van der Waals surface area contributed by atoms with Crippen molar-refractivity contribution in [1.29, 1.82) is 0 Å². The van der Waals surface area contributed by atoms with Crippen molar-refractivity contribution in [3.05, 3.63) is 71.5 Å². The molecule has 2 aromatic rings. The SMILES string of the molecule is CCCC(=O)N(Cc1ccc(F)cc1)[C@H](C(=O)NCCCOCC)c1ccccc1. The monoisotopic (exact) mass is 414 g/mol. The van der Waals surface area contributed by atoms with Crippen molar-refractivity contribution in [2.75, 3.05) is 19.8 Å². The van der Waals surface area contributed by atoms with Gasteiger partial charge < -0.3 is 15.0 Å². The van der Waals surface area contributed by atoms with Crippen LogP contribution in [-0.2, 0) is 20.9 Å². The predicted molar refractivity (Wildman–Crippen MR) is 115 cm³/mol.